The van der Waals surface area contributed by atoms with Crippen molar-refractivity contribution in [3.63, 3.8) is 0 Å². The van der Waals surface area contributed by atoms with Crippen LogP contribution in [0.2, 0.25) is 5.02 Å². The molecule has 0 bridgehead atoms. The van der Waals surface area contributed by atoms with Crippen molar-refractivity contribution in [1.82, 2.24) is 4.72 Å². The van der Waals surface area contributed by atoms with Crippen LogP contribution in [0.15, 0.2) is 17.0 Å². The summed E-state index contributed by atoms with van der Waals surface area (Å²) < 4.78 is 50.4. The van der Waals surface area contributed by atoms with Gasteiger partial charge in [0, 0.05) is 28.9 Å². The van der Waals surface area contributed by atoms with Gasteiger partial charge in [-0.05, 0) is 19.1 Å². The van der Waals surface area contributed by atoms with Gasteiger partial charge in [0.2, 0.25) is 10.0 Å². The van der Waals surface area contributed by atoms with E-state index >= 15 is 0 Å². The van der Waals surface area contributed by atoms with E-state index in [0.717, 1.165) is 12.1 Å². The van der Waals surface area contributed by atoms with E-state index in [1.165, 1.54) is 6.26 Å². The molecule has 1 rings (SSSR count). The van der Waals surface area contributed by atoms with E-state index in [-0.39, 0.29) is 27.4 Å². The summed E-state index contributed by atoms with van der Waals surface area (Å²) in [6, 6.07) is 1.79. The van der Waals surface area contributed by atoms with Gasteiger partial charge >= 0.3 is 0 Å². The van der Waals surface area contributed by atoms with Gasteiger partial charge in [-0.2, -0.15) is 0 Å². The average Bonchev–Trinajstić information content (AvgIpc) is 2.30. The molecule has 0 spiro atoms. The summed E-state index contributed by atoms with van der Waals surface area (Å²) in [6.07, 6.45) is 1.47. The van der Waals surface area contributed by atoms with Gasteiger partial charge in [0.05, 0.1) is 10.7 Å². The maximum atomic E-state index is 13.1. The number of halogens is 2. The average molecular weight is 329 g/mol. The van der Waals surface area contributed by atoms with Gasteiger partial charge in [-0.1, -0.05) is 11.6 Å². The lowest BCUT2D eigenvalue weighted by atomic mass is 10.3. The van der Waals surface area contributed by atoms with E-state index in [2.05, 4.69) is 4.72 Å². The molecular weight excluding hydrogens is 315 g/mol. The SMILES string of the molecule is CC(CNS(=O)(=O)c1cc(N)c(F)cc1Cl)S(C)=O. The summed E-state index contributed by atoms with van der Waals surface area (Å²) in [5.41, 5.74) is 5.01. The van der Waals surface area contributed by atoms with E-state index in [4.69, 9.17) is 17.3 Å². The highest BCUT2D eigenvalue weighted by Crippen LogP contribution is 2.26. The summed E-state index contributed by atoms with van der Waals surface area (Å²) >= 11 is 5.69. The molecule has 0 aromatic heterocycles. The van der Waals surface area contributed by atoms with Crippen LogP contribution in [0.25, 0.3) is 0 Å². The number of anilines is 1. The molecule has 108 valence electrons. The summed E-state index contributed by atoms with van der Waals surface area (Å²) in [6.45, 7) is 1.62. The number of rotatable bonds is 5. The van der Waals surface area contributed by atoms with Gasteiger partial charge < -0.3 is 5.73 Å². The lowest BCUT2D eigenvalue weighted by molar-refractivity contribution is 0.580. The highest BCUT2D eigenvalue weighted by molar-refractivity contribution is 7.89. The number of nitrogens with one attached hydrogen (secondary N) is 1. The minimum atomic E-state index is -3.92. The number of nitrogens with two attached hydrogens (primary N) is 1. The van der Waals surface area contributed by atoms with Crippen LogP contribution >= 0.6 is 11.6 Å². The van der Waals surface area contributed by atoms with Crippen LogP contribution in [0.5, 0.6) is 0 Å². The van der Waals surface area contributed by atoms with Crippen LogP contribution in [-0.4, -0.2) is 30.7 Å². The number of benzene rings is 1. The first-order valence-electron chi connectivity index (χ1n) is 5.21. The Morgan fingerprint density at radius 3 is 2.63 bits per heavy atom. The first-order chi connectivity index (χ1) is 8.65. The Bertz CT molecular complexity index is 607. The zero-order valence-electron chi connectivity index (χ0n) is 10.3. The van der Waals surface area contributed by atoms with Gasteiger partial charge in [-0.3, -0.25) is 4.21 Å². The topological polar surface area (TPSA) is 89.3 Å². The third-order valence-corrected chi connectivity index (χ3v) is 5.66. The molecule has 5 nitrogen and oxygen atoms in total. The lowest BCUT2D eigenvalue weighted by Crippen LogP contribution is -2.32. The van der Waals surface area contributed by atoms with Crippen molar-refractivity contribution in [1.29, 1.82) is 0 Å². The Morgan fingerprint density at radius 2 is 2.11 bits per heavy atom. The molecule has 0 aliphatic rings. The molecule has 1 aromatic carbocycles. The fourth-order valence-corrected chi connectivity index (χ4v) is 3.27. The Kier molecular flexibility index (Phi) is 5.31. The van der Waals surface area contributed by atoms with Crippen molar-refractivity contribution in [3.8, 4) is 0 Å². The van der Waals surface area contributed by atoms with Gasteiger partial charge in [0.15, 0.2) is 0 Å². The van der Waals surface area contributed by atoms with Crippen LogP contribution in [0.4, 0.5) is 10.1 Å². The predicted octanol–water partition coefficient (Wildman–Crippen LogP) is 1.11. The van der Waals surface area contributed by atoms with E-state index < -0.39 is 26.6 Å². The third kappa shape index (κ3) is 4.13. The molecule has 9 heteroatoms. The minimum Gasteiger partial charge on any atom is -0.396 e. The van der Waals surface area contributed by atoms with Crippen LogP contribution in [0.3, 0.4) is 0 Å². The Labute approximate surface area is 118 Å². The normalized spacial score (nSPS) is 15.2. The second-order valence-electron chi connectivity index (χ2n) is 3.97. The molecule has 0 saturated carbocycles. The molecule has 0 fully saturated rings. The molecule has 0 radical (unpaired) electrons. The second-order valence-corrected chi connectivity index (χ2v) is 7.91. The molecule has 2 atom stereocenters. The Balaban J connectivity index is 3.01. The zero-order valence-corrected chi connectivity index (χ0v) is 12.7. The second kappa shape index (κ2) is 6.17. The Morgan fingerprint density at radius 1 is 1.53 bits per heavy atom. The molecule has 0 saturated heterocycles. The maximum absolute atomic E-state index is 13.1. The van der Waals surface area contributed by atoms with Crippen molar-refractivity contribution in [2.75, 3.05) is 18.5 Å². The van der Waals surface area contributed by atoms with Crippen molar-refractivity contribution >= 4 is 38.1 Å². The van der Waals surface area contributed by atoms with Gasteiger partial charge in [0.25, 0.3) is 0 Å². The van der Waals surface area contributed by atoms with Gasteiger partial charge in [0.1, 0.15) is 10.7 Å². The fraction of sp³-hybridized carbons (Fsp3) is 0.400. The molecular formula is C10H14ClFN2O3S2. The van der Waals surface area contributed by atoms with Crippen LogP contribution in [-0.2, 0) is 20.8 Å². The standard InChI is InChI=1S/C10H14ClFN2O3S2/c1-6(18(2)15)5-14-19(16,17)10-4-9(13)8(12)3-7(10)11/h3-4,6,14H,5,13H2,1-2H3. The number of hydrogen-bond acceptors (Lipinski definition) is 4. The number of hydrogen-bond donors (Lipinski definition) is 2. The largest absolute Gasteiger partial charge is 0.396 e. The highest BCUT2D eigenvalue weighted by Gasteiger charge is 2.21. The molecule has 0 aliphatic carbocycles. The maximum Gasteiger partial charge on any atom is 0.242 e. The summed E-state index contributed by atoms with van der Waals surface area (Å²) in [5, 5.41) is -0.615. The van der Waals surface area contributed by atoms with Gasteiger partial charge in [-0.15, -0.1) is 0 Å². The smallest absolute Gasteiger partial charge is 0.242 e. The van der Waals surface area contributed by atoms with Crippen LogP contribution < -0.4 is 10.5 Å². The summed E-state index contributed by atoms with van der Waals surface area (Å²) in [5.74, 6) is -0.785. The molecule has 19 heavy (non-hydrogen) atoms. The number of nitrogen functional groups attached to an aromatic ring is 1. The van der Waals surface area contributed by atoms with E-state index in [1.807, 2.05) is 0 Å². The summed E-state index contributed by atoms with van der Waals surface area (Å²) in [4.78, 5) is -0.304. The van der Waals surface area contributed by atoms with Crippen molar-refractivity contribution in [3.05, 3.63) is 23.0 Å². The summed E-state index contributed by atoms with van der Waals surface area (Å²) in [7, 11) is -5.08. The minimum absolute atomic E-state index is 0.0148. The van der Waals surface area contributed by atoms with Crippen LogP contribution in [0.1, 0.15) is 6.92 Å². The number of sulfonamides is 1. The third-order valence-electron chi connectivity index (χ3n) is 2.47. The first-order valence-corrected chi connectivity index (χ1v) is 8.70. The quantitative estimate of drug-likeness (QED) is 0.792. The molecule has 3 N–H and O–H groups in total. The molecule has 1 aromatic rings. The van der Waals surface area contributed by atoms with Crippen molar-refractivity contribution < 1.29 is 17.0 Å². The van der Waals surface area contributed by atoms with Gasteiger partial charge in [-0.25, -0.2) is 17.5 Å². The highest BCUT2D eigenvalue weighted by atomic mass is 35.5. The Hall–Kier alpha value is -0.700. The molecule has 0 aliphatic heterocycles. The monoisotopic (exact) mass is 328 g/mol. The van der Waals surface area contributed by atoms with E-state index in [9.17, 15) is 17.0 Å². The fourth-order valence-electron chi connectivity index (χ4n) is 1.17. The van der Waals surface area contributed by atoms with E-state index in [1.54, 1.807) is 6.92 Å². The van der Waals surface area contributed by atoms with Crippen molar-refractivity contribution in [2.45, 2.75) is 17.1 Å². The first kappa shape index (κ1) is 16.4. The predicted molar refractivity (Wildman–Crippen MR) is 74.5 cm³/mol. The van der Waals surface area contributed by atoms with E-state index in [0.29, 0.717) is 0 Å². The molecule has 0 amide bonds. The molecule has 2 unspecified atom stereocenters. The zero-order chi connectivity index (χ0) is 14.8. The lowest BCUT2D eigenvalue weighted by Gasteiger charge is -2.12. The van der Waals surface area contributed by atoms with Crippen molar-refractivity contribution in [2.24, 2.45) is 0 Å². The molecule has 0 heterocycles. The van der Waals surface area contributed by atoms with Crippen LogP contribution in [0, 0.1) is 5.82 Å².